The maximum atomic E-state index is 12.4. The van der Waals surface area contributed by atoms with Crippen LogP contribution in [0.25, 0.3) is 0 Å². The third-order valence-electron chi connectivity index (χ3n) is 3.47. The smallest absolute Gasteiger partial charge is 0.323 e. The highest BCUT2D eigenvalue weighted by atomic mass is 16.5. The summed E-state index contributed by atoms with van der Waals surface area (Å²) in [5.74, 6) is -1.87. The number of hydrogen-bond donors (Lipinski definition) is 2. The van der Waals surface area contributed by atoms with Crippen LogP contribution in [-0.4, -0.2) is 24.8 Å². The largest absolute Gasteiger partial charge is 0.496 e. The number of nitrogens with zero attached hydrogens (tertiary/aromatic N) is 1. The van der Waals surface area contributed by atoms with E-state index in [0.717, 1.165) is 4.90 Å². The van der Waals surface area contributed by atoms with Crippen LogP contribution >= 0.6 is 0 Å². The van der Waals surface area contributed by atoms with Gasteiger partial charge in [0.2, 0.25) is 5.91 Å². The van der Waals surface area contributed by atoms with E-state index < -0.39 is 17.7 Å². The van der Waals surface area contributed by atoms with Gasteiger partial charge in [0.25, 0.3) is 0 Å². The lowest BCUT2D eigenvalue weighted by Gasteiger charge is -2.19. The average Bonchev–Trinajstić information content (AvgIpc) is 2.59. The maximum absolute atomic E-state index is 12.4. The van der Waals surface area contributed by atoms with Crippen molar-refractivity contribution in [3.8, 4) is 5.75 Å². The van der Waals surface area contributed by atoms with Gasteiger partial charge in [-0.1, -0.05) is 24.3 Å². The Morgan fingerprint density at radius 3 is 2.48 bits per heavy atom. The Hall–Kier alpha value is -3.35. The molecule has 3 N–H and O–H groups in total. The number of amides is 3. The number of benzene rings is 2. The number of methoxy groups -OCH3 is 1. The Bertz CT molecular complexity index is 804. The van der Waals surface area contributed by atoms with E-state index in [1.54, 1.807) is 36.4 Å². The van der Waals surface area contributed by atoms with Crippen LogP contribution in [0.4, 0.5) is 11.4 Å². The number of imide groups is 1. The molecule has 0 spiro atoms. The van der Waals surface area contributed by atoms with E-state index in [4.69, 9.17) is 10.5 Å². The number of rotatable bonds is 4. The fourth-order valence-electron chi connectivity index (χ4n) is 2.31. The van der Waals surface area contributed by atoms with Gasteiger partial charge in [0.1, 0.15) is 5.75 Å². The molecule has 0 atom stereocenters. The van der Waals surface area contributed by atoms with Crippen molar-refractivity contribution in [3.63, 3.8) is 0 Å². The second kappa shape index (κ2) is 7.96. The van der Waals surface area contributed by atoms with E-state index in [2.05, 4.69) is 5.32 Å². The zero-order chi connectivity index (χ0) is 18.4. The molecular weight excluding hydrogens is 322 g/mol. The van der Waals surface area contributed by atoms with Crippen molar-refractivity contribution in [3.05, 3.63) is 54.1 Å². The van der Waals surface area contributed by atoms with Crippen LogP contribution in [-0.2, 0) is 20.9 Å². The average molecular weight is 341 g/mol. The van der Waals surface area contributed by atoms with Crippen molar-refractivity contribution in [2.24, 2.45) is 0 Å². The molecule has 2 aromatic carbocycles. The number of carbonyl (C=O) groups excluding carboxylic acids is 3. The van der Waals surface area contributed by atoms with Crippen molar-refractivity contribution >= 4 is 29.1 Å². The fraction of sp³-hybridized carbons (Fsp3) is 0.167. The molecule has 7 nitrogen and oxygen atoms in total. The second-order valence-electron chi connectivity index (χ2n) is 5.25. The quantitative estimate of drug-likeness (QED) is 0.648. The zero-order valence-corrected chi connectivity index (χ0v) is 14.0. The van der Waals surface area contributed by atoms with E-state index >= 15 is 0 Å². The Morgan fingerprint density at radius 2 is 1.84 bits per heavy atom. The summed E-state index contributed by atoms with van der Waals surface area (Å²) >= 11 is 0. The number of anilines is 2. The Labute approximate surface area is 145 Å². The molecule has 0 aromatic heterocycles. The molecule has 0 saturated carbocycles. The molecule has 2 aromatic rings. The Kier molecular flexibility index (Phi) is 5.73. The van der Waals surface area contributed by atoms with Gasteiger partial charge in [-0.3, -0.25) is 14.4 Å². The van der Waals surface area contributed by atoms with Crippen LogP contribution in [0.2, 0.25) is 0 Å². The van der Waals surface area contributed by atoms with Crippen LogP contribution in [0.15, 0.2) is 48.5 Å². The number of nitrogen functional groups attached to an aromatic ring is 1. The van der Waals surface area contributed by atoms with Gasteiger partial charge in [0.05, 0.1) is 12.8 Å². The van der Waals surface area contributed by atoms with Crippen molar-refractivity contribution in [1.82, 2.24) is 5.32 Å². The predicted octanol–water partition coefficient (Wildman–Crippen LogP) is 1.47. The topological polar surface area (TPSA) is 102 Å². The van der Waals surface area contributed by atoms with Gasteiger partial charge in [-0.25, -0.2) is 4.90 Å². The van der Waals surface area contributed by atoms with Gasteiger partial charge in [-0.05, 0) is 24.3 Å². The van der Waals surface area contributed by atoms with Crippen molar-refractivity contribution in [2.75, 3.05) is 17.7 Å². The molecule has 130 valence electrons. The summed E-state index contributed by atoms with van der Waals surface area (Å²) in [7, 11) is 1.52. The summed E-state index contributed by atoms with van der Waals surface area (Å²) < 4.78 is 5.19. The van der Waals surface area contributed by atoms with Crippen LogP contribution in [0.1, 0.15) is 12.5 Å². The summed E-state index contributed by atoms with van der Waals surface area (Å²) in [6, 6.07) is 13.3. The Morgan fingerprint density at radius 1 is 1.12 bits per heavy atom. The van der Waals surface area contributed by atoms with Crippen LogP contribution < -0.4 is 20.7 Å². The number of nitrogens with two attached hydrogens (primary N) is 1. The minimum atomic E-state index is -0.979. The SMILES string of the molecule is COc1ccccc1CNC(=O)C(=O)N(C(C)=O)c1cccc(N)c1. The van der Waals surface area contributed by atoms with E-state index in [-0.39, 0.29) is 12.2 Å². The number of para-hydroxylation sites is 1. The molecule has 0 unspecified atom stereocenters. The molecule has 0 heterocycles. The maximum Gasteiger partial charge on any atom is 0.323 e. The van der Waals surface area contributed by atoms with Gasteiger partial charge in [0, 0.05) is 24.7 Å². The number of hydrogen-bond acceptors (Lipinski definition) is 5. The number of nitrogens with one attached hydrogen (secondary N) is 1. The molecule has 2 rings (SSSR count). The van der Waals surface area contributed by atoms with Gasteiger partial charge >= 0.3 is 11.8 Å². The normalized spacial score (nSPS) is 10.0. The van der Waals surface area contributed by atoms with Gasteiger partial charge in [-0.2, -0.15) is 0 Å². The third kappa shape index (κ3) is 4.35. The number of carbonyl (C=O) groups is 3. The van der Waals surface area contributed by atoms with Crippen molar-refractivity contribution < 1.29 is 19.1 Å². The van der Waals surface area contributed by atoms with Gasteiger partial charge < -0.3 is 15.8 Å². The monoisotopic (exact) mass is 341 g/mol. The van der Waals surface area contributed by atoms with Crippen LogP contribution in [0.5, 0.6) is 5.75 Å². The second-order valence-corrected chi connectivity index (χ2v) is 5.25. The first-order chi connectivity index (χ1) is 11.9. The highest BCUT2D eigenvalue weighted by Gasteiger charge is 2.26. The zero-order valence-electron chi connectivity index (χ0n) is 14.0. The van der Waals surface area contributed by atoms with E-state index in [9.17, 15) is 14.4 Å². The summed E-state index contributed by atoms with van der Waals surface area (Å²) in [6.07, 6.45) is 0. The molecule has 0 fully saturated rings. The molecule has 3 amide bonds. The molecule has 0 radical (unpaired) electrons. The summed E-state index contributed by atoms with van der Waals surface area (Å²) in [4.78, 5) is 37.2. The highest BCUT2D eigenvalue weighted by molar-refractivity contribution is 6.45. The first kappa shape index (κ1) is 18.0. The minimum Gasteiger partial charge on any atom is -0.496 e. The molecule has 0 saturated heterocycles. The van der Waals surface area contributed by atoms with Crippen LogP contribution in [0, 0.1) is 0 Å². The fourth-order valence-corrected chi connectivity index (χ4v) is 2.31. The van der Waals surface area contributed by atoms with E-state index in [0.29, 0.717) is 17.0 Å². The molecular formula is C18H19N3O4. The summed E-state index contributed by atoms with van der Waals surface area (Å²) in [6.45, 7) is 1.30. The first-order valence-electron chi connectivity index (χ1n) is 7.54. The van der Waals surface area contributed by atoms with Crippen molar-refractivity contribution in [1.29, 1.82) is 0 Å². The Balaban J connectivity index is 2.14. The lowest BCUT2D eigenvalue weighted by Crippen LogP contribution is -2.45. The molecule has 25 heavy (non-hydrogen) atoms. The lowest BCUT2D eigenvalue weighted by molar-refractivity contribution is -0.139. The number of ether oxygens (including phenoxy) is 1. The molecule has 7 heteroatoms. The standard InChI is InChI=1S/C18H19N3O4/c1-12(22)21(15-8-5-7-14(19)10-15)18(24)17(23)20-11-13-6-3-4-9-16(13)25-2/h3-10H,11,19H2,1-2H3,(H,20,23). The minimum absolute atomic E-state index is 0.0945. The molecule has 0 aliphatic carbocycles. The van der Waals surface area contributed by atoms with Gasteiger partial charge in [0.15, 0.2) is 0 Å². The molecule has 0 aliphatic heterocycles. The highest BCUT2D eigenvalue weighted by Crippen LogP contribution is 2.19. The predicted molar refractivity (Wildman–Crippen MR) is 93.9 cm³/mol. The summed E-state index contributed by atoms with van der Waals surface area (Å²) in [5, 5.41) is 2.50. The van der Waals surface area contributed by atoms with Crippen LogP contribution in [0.3, 0.4) is 0 Å². The van der Waals surface area contributed by atoms with E-state index in [1.807, 2.05) is 0 Å². The third-order valence-corrected chi connectivity index (χ3v) is 3.47. The first-order valence-corrected chi connectivity index (χ1v) is 7.54. The van der Waals surface area contributed by atoms with Crippen molar-refractivity contribution in [2.45, 2.75) is 13.5 Å². The van der Waals surface area contributed by atoms with Gasteiger partial charge in [-0.15, -0.1) is 0 Å². The molecule has 0 bridgehead atoms. The summed E-state index contributed by atoms with van der Waals surface area (Å²) in [5.41, 5.74) is 7.01. The van der Waals surface area contributed by atoms with E-state index in [1.165, 1.54) is 26.2 Å². The molecule has 0 aliphatic rings. The lowest BCUT2D eigenvalue weighted by atomic mass is 10.2.